The minimum absolute atomic E-state index is 0.0695. The van der Waals surface area contributed by atoms with Gasteiger partial charge in [-0.2, -0.15) is 4.98 Å². The maximum Gasteiger partial charge on any atom is 0.232 e. The predicted molar refractivity (Wildman–Crippen MR) is 107 cm³/mol. The Balaban J connectivity index is 1.47. The Morgan fingerprint density at radius 3 is 2.72 bits per heavy atom. The molecule has 7 heteroatoms. The van der Waals surface area contributed by atoms with Crippen LogP contribution in [-0.2, 0) is 11.3 Å². The SMILES string of the molecule is COc1ccc(CN2CC(c3nc(-c4cccc(C)c4)no3)CC2=O)cc1OC. The van der Waals surface area contributed by atoms with Gasteiger partial charge >= 0.3 is 0 Å². The molecule has 1 fully saturated rings. The van der Waals surface area contributed by atoms with Crippen LogP contribution in [0.1, 0.15) is 29.4 Å². The Morgan fingerprint density at radius 2 is 1.97 bits per heavy atom. The van der Waals surface area contributed by atoms with E-state index in [1.54, 1.807) is 14.2 Å². The summed E-state index contributed by atoms with van der Waals surface area (Å²) in [5, 5.41) is 4.10. The quantitative estimate of drug-likeness (QED) is 0.637. The van der Waals surface area contributed by atoms with Crippen molar-refractivity contribution in [3.63, 3.8) is 0 Å². The summed E-state index contributed by atoms with van der Waals surface area (Å²) in [6, 6.07) is 13.6. The molecule has 0 saturated carbocycles. The maximum atomic E-state index is 12.5. The molecule has 0 spiro atoms. The van der Waals surface area contributed by atoms with Crippen molar-refractivity contribution in [3.8, 4) is 22.9 Å². The molecule has 1 atom stereocenters. The number of carbonyl (C=O) groups is 1. The summed E-state index contributed by atoms with van der Waals surface area (Å²) in [7, 11) is 3.20. The summed E-state index contributed by atoms with van der Waals surface area (Å²) < 4.78 is 16.1. The fourth-order valence-corrected chi connectivity index (χ4v) is 3.59. The number of carbonyl (C=O) groups excluding carboxylic acids is 1. The third kappa shape index (κ3) is 3.94. The Kier molecular flexibility index (Phi) is 5.20. The fourth-order valence-electron chi connectivity index (χ4n) is 3.59. The predicted octanol–water partition coefficient (Wildman–Crippen LogP) is 3.58. The second-order valence-electron chi connectivity index (χ2n) is 7.19. The van der Waals surface area contributed by atoms with Crippen LogP contribution >= 0.6 is 0 Å². The first kappa shape index (κ1) is 19.0. The summed E-state index contributed by atoms with van der Waals surface area (Å²) in [5.74, 6) is 2.33. The van der Waals surface area contributed by atoms with Crippen molar-refractivity contribution in [3.05, 3.63) is 59.5 Å². The van der Waals surface area contributed by atoms with Crippen LogP contribution in [0.2, 0.25) is 0 Å². The third-order valence-corrected chi connectivity index (χ3v) is 5.10. The van der Waals surface area contributed by atoms with Gasteiger partial charge in [-0.3, -0.25) is 4.79 Å². The van der Waals surface area contributed by atoms with Crippen LogP contribution in [-0.4, -0.2) is 41.7 Å². The number of hydrogen-bond donors (Lipinski definition) is 0. The summed E-state index contributed by atoms with van der Waals surface area (Å²) in [6.07, 6.45) is 0.364. The van der Waals surface area contributed by atoms with Crippen LogP contribution in [0.25, 0.3) is 11.4 Å². The summed E-state index contributed by atoms with van der Waals surface area (Å²) in [6.45, 7) is 3.06. The van der Waals surface area contributed by atoms with Gasteiger partial charge in [-0.25, -0.2) is 0 Å². The topological polar surface area (TPSA) is 77.7 Å². The normalized spacial score (nSPS) is 16.3. The van der Waals surface area contributed by atoms with E-state index in [0.29, 0.717) is 42.7 Å². The smallest absolute Gasteiger partial charge is 0.232 e. The molecule has 1 aliphatic heterocycles. The van der Waals surface area contributed by atoms with Crippen LogP contribution in [0.5, 0.6) is 11.5 Å². The summed E-state index contributed by atoms with van der Waals surface area (Å²) >= 11 is 0. The van der Waals surface area contributed by atoms with Gasteiger partial charge in [0.05, 0.1) is 20.1 Å². The van der Waals surface area contributed by atoms with E-state index in [2.05, 4.69) is 10.1 Å². The Labute approximate surface area is 169 Å². The van der Waals surface area contributed by atoms with E-state index >= 15 is 0 Å². The molecule has 0 radical (unpaired) electrons. The molecule has 0 N–H and O–H groups in total. The highest BCUT2D eigenvalue weighted by Crippen LogP contribution is 2.32. The highest BCUT2D eigenvalue weighted by atomic mass is 16.5. The third-order valence-electron chi connectivity index (χ3n) is 5.10. The molecule has 4 rings (SSSR count). The van der Waals surface area contributed by atoms with Gasteiger partial charge in [-0.1, -0.05) is 35.0 Å². The van der Waals surface area contributed by atoms with Crippen LogP contribution in [0.3, 0.4) is 0 Å². The van der Waals surface area contributed by atoms with Gasteiger partial charge in [0.15, 0.2) is 11.5 Å². The molecule has 7 nitrogen and oxygen atoms in total. The molecule has 29 heavy (non-hydrogen) atoms. The van der Waals surface area contributed by atoms with Crippen LogP contribution < -0.4 is 9.47 Å². The first-order chi connectivity index (χ1) is 14.1. The number of likely N-dealkylation sites (tertiary alicyclic amines) is 1. The lowest BCUT2D eigenvalue weighted by Gasteiger charge is -2.17. The van der Waals surface area contributed by atoms with E-state index < -0.39 is 0 Å². The van der Waals surface area contributed by atoms with Gasteiger partial charge in [0, 0.05) is 25.1 Å². The second-order valence-corrected chi connectivity index (χ2v) is 7.19. The van der Waals surface area contributed by atoms with Gasteiger partial charge in [0.25, 0.3) is 0 Å². The van der Waals surface area contributed by atoms with Crippen LogP contribution in [0.15, 0.2) is 47.0 Å². The molecule has 150 valence electrons. The zero-order valence-corrected chi connectivity index (χ0v) is 16.7. The minimum Gasteiger partial charge on any atom is -0.493 e. The number of methoxy groups -OCH3 is 2. The largest absolute Gasteiger partial charge is 0.493 e. The number of nitrogens with zero attached hydrogens (tertiary/aromatic N) is 3. The highest BCUT2D eigenvalue weighted by Gasteiger charge is 2.34. The molecule has 3 aromatic rings. The fraction of sp³-hybridized carbons (Fsp3) is 0.318. The zero-order valence-electron chi connectivity index (χ0n) is 16.7. The second kappa shape index (κ2) is 7.95. The molecule has 1 unspecified atom stereocenters. The van der Waals surface area contributed by atoms with Crippen molar-refractivity contribution in [2.24, 2.45) is 0 Å². The average Bonchev–Trinajstić information content (AvgIpc) is 3.35. The van der Waals surface area contributed by atoms with Gasteiger partial charge in [0.1, 0.15) is 0 Å². The van der Waals surface area contributed by atoms with Gasteiger partial charge in [-0.15, -0.1) is 0 Å². The number of hydrogen-bond acceptors (Lipinski definition) is 6. The monoisotopic (exact) mass is 393 g/mol. The van der Waals surface area contributed by atoms with Crippen molar-refractivity contribution in [2.75, 3.05) is 20.8 Å². The standard InChI is InChI=1S/C22H23N3O4/c1-14-5-4-6-16(9-14)21-23-22(29-24-21)17-11-20(26)25(13-17)12-15-7-8-18(27-2)19(10-15)28-3/h4-10,17H,11-13H2,1-3H3. The van der Waals surface area contributed by atoms with Crippen LogP contribution in [0.4, 0.5) is 0 Å². The molecular weight excluding hydrogens is 370 g/mol. The molecule has 2 aromatic carbocycles. The summed E-state index contributed by atoms with van der Waals surface area (Å²) in [5.41, 5.74) is 3.01. The van der Waals surface area contributed by atoms with Gasteiger partial charge < -0.3 is 18.9 Å². The lowest BCUT2D eigenvalue weighted by Crippen LogP contribution is -2.24. The summed E-state index contributed by atoms with van der Waals surface area (Å²) in [4.78, 5) is 18.9. The molecule has 1 aromatic heterocycles. The molecular formula is C22H23N3O4. The molecule has 0 aliphatic carbocycles. The Bertz CT molecular complexity index is 1030. The van der Waals surface area contributed by atoms with Crippen molar-refractivity contribution in [1.82, 2.24) is 15.0 Å². The minimum atomic E-state index is -0.103. The average molecular weight is 393 g/mol. The van der Waals surface area contributed by atoms with E-state index in [0.717, 1.165) is 16.7 Å². The van der Waals surface area contributed by atoms with Crippen LogP contribution in [0, 0.1) is 6.92 Å². The lowest BCUT2D eigenvalue weighted by molar-refractivity contribution is -0.128. The van der Waals surface area contributed by atoms with E-state index in [4.69, 9.17) is 14.0 Å². The number of aromatic nitrogens is 2. The van der Waals surface area contributed by atoms with Crippen molar-refractivity contribution in [1.29, 1.82) is 0 Å². The first-order valence-corrected chi connectivity index (χ1v) is 9.46. The van der Waals surface area contributed by atoms with E-state index in [1.807, 2.05) is 54.3 Å². The molecule has 1 aliphatic rings. The number of aryl methyl sites for hydroxylation is 1. The van der Waals surface area contributed by atoms with Crippen molar-refractivity contribution < 1.29 is 18.8 Å². The molecule has 1 saturated heterocycles. The number of ether oxygens (including phenoxy) is 2. The van der Waals surface area contributed by atoms with Crippen molar-refractivity contribution >= 4 is 5.91 Å². The van der Waals surface area contributed by atoms with Gasteiger partial charge in [-0.05, 0) is 30.7 Å². The lowest BCUT2D eigenvalue weighted by atomic mass is 10.1. The molecule has 2 heterocycles. The van der Waals surface area contributed by atoms with Gasteiger partial charge in [0.2, 0.25) is 17.6 Å². The highest BCUT2D eigenvalue weighted by molar-refractivity contribution is 5.79. The first-order valence-electron chi connectivity index (χ1n) is 9.46. The van der Waals surface area contributed by atoms with E-state index in [-0.39, 0.29) is 11.8 Å². The number of amides is 1. The Morgan fingerprint density at radius 1 is 1.14 bits per heavy atom. The van der Waals surface area contributed by atoms with Crippen molar-refractivity contribution in [2.45, 2.75) is 25.8 Å². The zero-order chi connectivity index (χ0) is 20.4. The molecule has 1 amide bonds. The van der Waals surface area contributed by atoms with E-state index in [9.17, 15) is 4.79 Å². The molecule has 0 bridgehead atoms. The Hall–Kier alpha value is -3.35. The number of benzene rings is 2. The number of rotatable bonds is 6. The maximum absolute atomic E-state index is 12.5. The van der Waals surface area contributed by atoms with E-state index in [1.165, 1.54) is 0 Å².